The van der Waals surface area contributed by atoms with Crippen molar-refractivity contribution in [2.24, 2.45) is 0 Å². The molecule has 0 radical (unpaired) electrons. The van der Waals surface area contributed by atoms with Gasteiger partial charge in [0.05, 0.1) is 13.5 Å². The van der Waals surface area contributed by atoms with E-state index in [2.05, 4.69) is 23.5 Å². The van der Waals surface area contributed by atoms with Crippen LogP contribution in [-0.2, 0) is 9.53 Å². The molecule has 1 amide bonds. The normalized spacial score (nSPS) is 10.7. The Morgan fingerprint density at radius 2 is 1.83 bits per heavy atom. The fraction of sp³-hybridized carbons (Fsp3) is 0.556. The molecule has 0 bridgehead atoms. The van der Waals surface area contributed by atoms with Crippen LogP contribution in [-0.4, -0.2) is 61.5 Å². The molecule has 0 saturated carbocycles. The van der Waals surface area contributed by atoms with E-state index < -0.39 is 0 Å². The summed E-state index contributed by atoms with van der Waals surface area (Å²) < 4.78 is 4.68. The largest absolute Gasteiger partial charge is 0.469 e. The van der Waals surface area contributed by atoms with Crippen LogP contribution in [0, 0.1) is 0 Å². The summed E-state index contributed by atoms with van der Waals surface area (Å²) in [6.45, 7) is 8.08. The molecule has 1 aromatic carbocycles. The molecular weight excluding hydrogens is 328 g/mol. The molecule has 134 valence electrons. The van der Waals surface area contributed by atoms with Gasteiger partial charge in [0, 0.05) is 23.7 Å². The Morgan fingerprint density at radius 1 is 1.12 bits per heavy atom. The van der Waals surface area contributed by atoms with Crippen molar-refractivity contribution in [3.63, 3.8) is 0 Å². The number of carbonyl (C=O) groups excluding carboxylic acids is 2. The van der Waals surface area contributed by atoms with Crippen LogP contribution >= 0.6 is 11.6 Å². The SMILES string of the molecule is CCN(CC)CCCN(CCC(=O)OC)C(=O)c1cccc(Cl)c1. The first-order valence-corrected chi connectivity index (χ1v) is 8.73. The molecule has 1 rings (SSSR count). The summed E-state index contributed by atoms with van der Waals surface area (Å²) in [5.41, 5.74) is 0.537. The van der Waals surface area contributed by atoms with Crippen LogP contribution in [0.3, 0.4) is 0 Å². The van der Waals surface area contributed by atoms with E-state index in [1.807, 2.05) is 0 Å². The van der Waals surface area contributed by atoms with Gasteiger partial charge in [-0.1, -0.05) is 31.5 Å². The Hall–Kier alpha value is -1.59. The van der Waals surface area contributed by atoms with Gasteiger partial charge in [-0.2, -0.15) is 0 Å². The molecule has 1 aromatic rings. The third-order valence-electron chi connectivity index (χ3n) is 3.97. The molecule has 0 fully saturated rings. The van der Waals surface area contributed by atoms with E-state index >= 15 is 0 Å². The van der Waals surface area contributed by atoms with Gasteiger partial charge < -0.3 is 14.5 Å². The van der Waals surface area contributed by atoms with Gasteiger partial charge in [0.15, 0.2) is 0 Å². The summed E-state index contributed by atoms with van der Waals surface area (Å²) in [5, 5.41) is 0.525. The summed E-state index contributed by atoms with van der Waals surface area (Å²) in [4.78, 5) is 28.1. The summed E-state index contributed by atoms with van der Waals surface area (Å²) in [7, 11) is 1.35. The van der Waals surface area contributed by atoms with E-state index in [1.165, 1.54) is 7.11 Å². The molecule has 0 saturated heterocycles. The highest BCUT2D eigenvalue weighted by molar-refractivity contribution is 6.30. The standard InChI is InChI=1S/C18H27ClN2O3/c1-4-20(5-2)11-7-12-21(13-10-17(22)24-3)18(23)15-8-6-9-16(19)14-15/h6,8-9,14H,4-5,7,10-13H2,1-3H3. The number of benzene rings is 1. The number of halogens is 1. The van der Waals surface area contributed by atoms with Crippen LogP contribution in [0.5, 0.6) is 0 Å². The molecule has 0 N–H and O–H groups in total. The highest BCUT2D eigenvalue weighted by Crippen LogP contribution is 2.13. The van der Waals surface area contributed by atoms with Crippen LogP contribution in [0.2, 0.25) is 5.02 Å². The van der Waals surface area contributed by atoms with Gasteiger partial charge in [0.2, 0.25) is 0 Å². The lowest BCUT2D eigenvalue weighted by atomic mass is 10.2. The van der Waals surface area contributed by atoms with Gasteiger partial charge in [0.25, 0.3) is 5.91 Å². The first-order chi connectivity index (χ1) is 11.5. The molecular formula is C18H27ClN2O3. The van der Waals surface area contributed by atoms with Crippen molar-refractivity contribution < 1.29 is 14.3 Å². The average molecular weight is 355 g/mol. The summed E-state index contributed by atoms with van der Waals surface area (Å²) in [5.74, 6) is -0.427. The average Bonchev–Trinajstić information content (AvgIpc) is 2.60. The van der Waals surface area contributed by atoms with Crippen molar-refractivity contribution in [2.75, 3.05) is 39.8 Å². The van der Waals surface area contributed by atoms with Gasteiger partial charge in [-0.3, -0.25) is 9.59 Å². The molecule has 0 aliphatic rings. The van der Waals surface area contributed by atoms with E-state index in [0.717, 1.165) is 26.1 Å². The number of ether oxygens (including phenoxy) is 1. The first kappa shape index (κ1) is 20.5. The molecule has 0 aliphatic heterocycles. The van der Waals surface area contributed by atoms with Crippen LogP contribution < -0.4 is 0 Å². The summed E-state index contributed by atoms with van der Waals surface area (Å²) in [6, 6.07) is 6.88. The van der Waals surface area contributed by atoms with Gasteiger partial charge in [-0.25, -0.2) is 0 Å². The predicted octanol–water partition coefficient (Wildman–Crippen LogP) is 3.08. The maximum atomic E-state index is 12.7. The lowest BCUT2D eigenvalue weighted by Gasteiger charge is -2.24. The van der Waals surface area contributed by atoms with Crippen LogP contribution in [0.1, 0.15) is 37.0 Å². The minimum Gasteiger partial charge on any atom is -0.469 e. The molecule has 24 heavy (non-hydrogen) atoms. The van der Waals surface area contributed by atoms with Crippen LogP contribution in [0.25, 0.3) is 0 Å². The maximum Gasteiger partial charge on any atom is 0.307 e. The highest BCUT2D eigenvalue weighted by atomic mass is 35.5. The number of methoxy groups -OCH3 is 1. The number of hydrogen-bond donors (Lipinski definition) is 0. The Bertz CT molecular complexity index is 533. The zero-order valence-electron chi connectivity index (χ0n) is 14.8. The molecule has 0 heterocycles. The van der Waals surface area contributed by atoms with Crippen LogP contribution in [0.15, 0.2) is 24.3 Å². The zero-order chi connectivity index (χ0) is 17.9. The Morgan fingerprint density at radius 3 is 2.42 bits per heavy atom. The number of rotatable bonds is 10. The van der Waals surface area contributed by atoms with Gasteiger partial charge >= 0.3 is 5.97 Å². The molecule has 0 spiro atoms. The van der Waals surface area contributed by atoms with E-state index in [4.69, 9.17) is 11.6 Å². The Labute approximate surface area is 149 Å². The monoisotopic (exact) mass is 354 g/mol. The number of amides is 1. The van der Waals surface area contributed by atoms with Crippen molar-refractivity contribution in [3.8, 4) is 0 Å². The second-order valence-electron chi connectivity index (χ2n) is 5.51. The highest BCUT2D eigenvalue weighted by Gasteiger charge is 2.17. The third-order valence-corrected chi connectivity index (χ3v) is 4.20. The smallest absolute Gasteiger partial charge is 0.307 e. The molecule has 0 aromatic heterocycles. The number of nitrogens with zero attached hydrogens (tertiary/aromatic N) is 2. The van der Waals surface area contributed by atoms with Gasteiger partial charge in [-0.15, -0.1) is 0 Å². The molecule has 0 atom stereocenters. The third kappa shape index (κ3) is 6.89. The second-order valence-corrected chi connectivity index (χ2v) is 5.95. The second kappa shape index (κ2) is 11.0. The number of esters is 1. The molecule has 5 nitrogen and oxygen atoms in total. The predicted molar refractivity (Wildman–Crippen MR) is 96.4 cm³/mol. The minimum atomic E-state index is -0.317. The van der Waals surface area contributed by atoms with E-state index in [-0.39, 0.29) is 18.3 Å². The van der Waals surface area contributed by atoms with Crippen molar-refractivity contribution in [1.82, 2.24) is 9.80 Å². The number of carbonyl (C=O) groups is 2. The fourth-order valence-corrected chi connectivity index (χ4v) is 2.66. The van der Waals surface area contributed by atoms with Crippen LogP contribution in [0.4, 0.5) is 0 Å². The number of hydrogen-bond acceptors (Lipinski definition) is 4. The summed E-state index contributed by atoms with van der Waals surface area (Å²) in [6.07, 6.45) is 1.04. The lowest BCUT2D eigenvalue weighted by molar-refractivity contribution is -0.140. The first-order valence-electron chi connectivity index (χ1n) is 8.35. The lowest BCUT2D eigenvalue weighted by Crippen LogP contribution is -2.36. The zero-order valence-corrected chi connectivity index (χ0v) is 15.5. The van der Waals surface area contributed by atoms with E-state index in [0.29, 0.717) is 23.7 Å². The van der Waals surface area contributed by atoms with Crippen molar-refractivity contribution in [2.45, 2.75) is 26.7 Å². The molecule has 0 unspecified atom stereocenters. The topological polar surface area (TPSA) is 49.9 Å². The molecule has 0 aliphatic carbocycles. The minimum absolute atomic E-state index is 0.110. The fourth-order valence-electron chi connectivity index (χ4n) is 2.47. The van der Waals surface area contributed by atoms with Crippen molar-refractivity contribution in [1.29, 1.82) is 0 Å². The summed E-state index contributed by atoms with van der Waals surface area (Å²) >= 11 is 5.98. The maximum absolute atomic E-state index is 12.7. The van der Waals surface area contributed by atoms with E-state index in [9.17, 15) is 9.59 Å². The van der Waals surface area contributed by atoms with Gasteiger partial charge in [-0.05, 0) is 44.3 Å². The molecule has 6 heteroatoms. The Kier molecular flexibility index (Phi) is 9.42. The quantitative estimate of drug-likeness (QED) is 0.606. The van der Waals surface area contributed by atoms with E-state index in [1.54, 1.807) is 29.2 Å². The van der Waals surface area contributed by atoms with Gasteiger partial charge in [0.1, 0.15) is 0 Å². The van der Waals surface area contributed by atoms with Crippen molar-refractivity contribution >= 4 is 23.5 Å². The van der Waals surface area contributed by atoms with Crippen molar-refractivity contribution in [3.05, 3.63) is 34.9 Å². The Balaban J connectivity index is 2.72.